The monoisotopic (exact) mass is 488 g/mol. The molecule has 8 heteroatoms. The Hall–Kier alpha value is -4.10. The van der Waals surface area contributed by atoms with Crippen molar-refractivity contribution in [1.29, 1.82) is 0 Å². The lowest BCUT2D eigenvalue weighted by Gasteiger charge is -2.12. The van der Waals surface area contributed by atoms with E-state index in [0.717, 1.165) is 16.7 Å². The molecule has 5 rings (SSSR count). The fraction of sp³-hybridized carbons (Fsp3) is 0.148. The molecular formula is C27H21ClN2O5. The number of aromatic carboxylic acids is 1. The maximum Gasteiger partial charge on any atom is 0.335 e. The van der Waals surface area contributed by atoms with Crippen LogP contribution in [0.1, 0.15) is 33.7 Å². The summed E-state index contributed by atoms with van der Waals surface area (Å²) in [4.78, 5) is 28.9. The number of methoxy groups -OCH3 is 1. The first-order chi connectivity index (χ1) is 16.9. The number of carboxylic acid groups (broad SMARTS) is 1. The van der Waals surface area contributed by atoms with Crippen molar-refractivity contribution in [2.45, 2.75) is 19.6 Å². The summed E-state index contributed by atoms with van der Waals surface area (Å²) in [6, 6.07) is 17.5. The number of hydrogen-bond acceptors (Lipinski definition) is 5. The molecule has 4 aromatic rings. The van der Waals surface area contributed by atoms with Gasteiger partial charge in [0.1, 0.15) is 12.4 Å². The third-order valence-corrected chi connectivity index (χ3v) is 6.33. The molecule has 1 N–H and O–H groups in total. The predicted octanol–water partition coefficient (Wildman–Crippen LogP) is 5.28. The van der Waals surface area contributed by atoms with E-state index in [-0.39, 0.29) is 11.1 Å². The first kappa shape index (κ1) is 22.7. The lowest BCUT2D eigenvalue weighted by Crippen LogP contribution is -2.21. The average molecular weight is 489 g/mol. The van der Waals surface area contributed by atoms with Crippen LogP contribution in [0, 0.1) is 0 Å². The maximum absolute atomic E-state index is 13.0. The minimum Gasteiger partial charge on any atom is -0.493 e. The Morgan fingerprint density at radius 2 is 1.97 bits per heavy atom. The number of rotatable bonds is 6. The van der Waals surface area contributed by atoms with Crippen LogP contribution in [0.5, 0.6) is 11.5 Å². The van der Waals surface area contributed by atoms with Gasteiger partial charge in [0.15, 0.2) is 11.5 Å². The normalized spacial score (nSPS) is 13.7. The molecule has 7 nitrogen and oxygen atoms in total. The SMILES string of the molecule is COc1cc(/C=C2/CCn3c2nc2cc(C(=O)O)ccc2c3=O)ccc1OCc1ccccc1Cl. The standard InChI is InChI=1S/C27H21ClN2O5/c1-34-24-13-16(6-9-23(24)35-15-19-4-2-3-5-21(19)28)12-17-10-11-30-25(17)29-22-14-18(27(32)33)7-8-20(22)26(30)31/h2-9,12-14H,10-11,15H2,1H3,(H,32,33)/b17-12-. The average Bonchev–Trinajstić information content (AvgIpc) is 3.26. The number of halogens is 1. The minimum absolute atomic E-state index is 0.0926. The molecule has 0 atom stereocenters. The van der Waals surface area contributed by atoms with E-state index in [1.165, 1.54) is 18.2 Å². The summed E-state index contributed by atoms with van der Waals surface area (Å²) in [7, 11) is 1.58. The van der Waals surface area contributed by atoms with Crippen molar-refractivity contribution in [3.05, 3.63) is 98.6 Å². The smallest absolute Gasteiger partial charge is 0.335 e. The zero-order chi connectivity index (χ0) is 24.5. The number of hydrogen-bond donors (Lipinski definition) is 1. The second kappa shape index (κ2) is 9.27. The summed E-state index contributed by atoms with van der Waals surface area (Å²) < 4.78 is 13.1. The Balaban J connectivity index is 1.46. The zero-order valence-corrected chi connectivity index (χ0v) is 19.6. The van der Waals surface area contributed by atoms with Gasteiger partial charge in [0.2, 0.25) is 0 Å². The number of fused-ring (bicyclic) bond motifs is 2. The van der Waals surface area contributed by atoms with E-state index in [0.29, 0.717) is 52.8 Å². The van der Waals surface area contributed by atoms with E-state index >= 15 is 0 Å². The first-order valence-electron chi connectivity index (χ1n) is 11.0. The quantitative estimate of drug-likeness (QED) is 0.397. The van der Waals surface area contributed by atoms with Gasteiger partial charge in [0.25, 0.3) is 5.56 Å². The molecule has 0 saturated carbocycles. The molecule has 0 amide bonds. The van der Waals surface area contributed by atoms with E-state index in [9.17, 15) is 14.7 Å². The lowest BCUT2D eigenvalue weighted by atomic mass is 10.1. The van der Waals surface area contributed by atoms with E-state index in [1.807, 2.05) is 48.5 Å². The van der Waals surface area contributed by atoms with Gasteiger partial charge >= 0.3 is 5.97 Å². The van der Waals surface area contributed by atoms with Crippen LogP contribution in [0.3, 0.4) is 0 Å². The molecular weight excluding hydrogens is 468 g/mol. The van der Waals surface area contributed by atoms with Gasteiger partial charge in [-0.05, 0) is 60.0 Å². The number of nitrogens with zero attached hydrogens (tertiary/aromatic N) is 2. The summed E-state index contributed by atoms with van der Waals surface area (Å²) in [6.45, 7) is 0.821. The number of carbonyl (C=O) groups is 1. The van der Waals surface area contributed by atoms with Crippen LogP contribution in [0.4, 0.5) is 0 Å². The van der Waals surface area contributed by atoms with Crippen LogP contribution in [0.2, 0.25) is 5.02 Å². The van der Waals surface area contributed by atoms with Gasteiger partial charge in [0, 0.05) is 17.1 Å². The summed E-state index contributed by atoms with van der Waals surface area (Å²) >= 11 is 6.22. The highest BCUT2D eigenvalue weighted by atomic mass is 35.5. The van der Waals surface area contributed by atoms with Gasteiger partial charge in [-0.25, -0.2) is 9.78 Å². The number of benzene rings is 3. The number of carboxylic acids is 1. The largest absolute Gasteiger partial charge is 0.493 e. The molecule has 3 aromatic carbocycles. The van der Waals surface area contributed by atoms with Gasteiger partial charge in [-0.1, -0.05) is 35.9 Å². The van der Waals surface area contributed by atoms with E-state index < -0.39 is 5.97 Å². The number of aromatic nitrogens is 2. The van der Waals surface area contributed by atoms with E-state index in [4.69, 9.17) is 21.1 Å². The van der Waals surface area contributed by atoms with Crippen molar-refractivity contribution < 1.29 is 19.4 Å². The topological polar surface area (TPSA) is 90.7 Å². The van der Waals surface area contributed by atoms with Crippen LogP contribution in [0.15, 0.2) is 65.5 Å². The molecule has 1 aliphatic heterocycles. The summed E-state index contributed by atoms with van der Waals surface area (Å²) in [5.41, 5.74) is 2.91. The van der Waals surface area contributed by atoms with Crippen LogP contribution < -0.4 is 15.0 Å². The van der Waals surface area contributed by atoms with Crippen LogP contribution >= 0.6 is 11.6 Å². The first-order valence-corrected chi connectivity index (χ1v) is 11.4. The molecule has 0 unspecified atom stereocenters. The van der Waals surface area contributed by atoms with Crippen molar-refractivity contribution in [2.75, 3.05) is 7.11 Å². The van der Waals surface area contributed by atoms with Crippen LogP contribution in [-0.4, -0.2) is 27.7 Å². The van der Waals surface area contributed by atoms with E-state index in [2.05, 4.69) is 4.98 Å². The van der Waals surface area contributed by atoms with Gasteiger partial charge in [-0.3, -0.25) is 9.36 Å². The number of ether oxygens (including phenoxy) is 2. The molecule has 0 bridgehead atoms. The van der Waals surface area contributed by atoms with Crippen molar-refractivity contribution in [2.24, 2.45) is 0 Å². The van der Waals surface area contributed by atoms with Gasteiger partial charge in [-0.15, -0.1) is 0 Å². The highest BCUT2D eigenvalue weighted by Crippen LogP contribution is 2.33. The van der Waals surface area contributed by atoms with Gasteiger partial charge in [0.05, 0.1) is 23.6 Å². The summed E-state index contributed by atoms with van der Waals surface area (Å²) in [5, 5.41) is 10.3. The second-order valence-corrected chi connectivity index (χ2v) is 8.55. The third kappa shape index (κ3) is 4.38. The Labute approximate surface area is 205 Å². The molecule has 1 aromatic heterocycles. The molecule has 1 aliphatic rings. The fourth-order valence-corrected chi connectivity index (χ4v) is 4.34. The Morgan fingerprint density at radius 1 is 1.14 bits per heavy atom. The van der Waals surface area contributed by atoms with Crippen molar-refractivity contribution in [3.8, 4) is 11.5 Å². The predicted molar refractivity (Wildman–Crippen MR) is 134 cm³/mol. The van der Waals surface area contributed by atoms with Gasteiger partial charge in [-0.2, -0.15) is 0 Å². The van der Waals surface area contributed by atoms with Crippen LogP contribution in [-0.2, 0) is 13.2 Å². The number of allylic oxidation sites excluding steroid dienone is 1. The maximum atomic E-state index is 13.0. The highest BCUT2D eigenvalue weighted by molar-refractivity contribution is 6.31. The van der Waals surface area contributed by atoms with E-state index in [1.54, 1.807) is 11.7 Å². The summed E-state index contributed by atoms with van der Waals surface area (Å²) in [5.74, 6) is 0.638. The Morgan fingerprint density at radius 3 is 2.74 bits per heavy atom. The van der Waals surface area contributed by atoms with Crippen LogP contribution in [0.25, 0.3) is 22.6 Å². The molecule has 2 heterocycles. The molecule has 176 valence electrons. The fourth-order valence-electron chi connectivity index (χ4n) is 4.15. The third-order valence-electron chi connectivity index (χ3n) is 5.96. The Kier molecular flexibility index (Phi) is 6.01. The highest BCUT2D eigenvalue weighted by Gasteiger charge is 2.21. The van der Waals surface area contributed by atoms with Crippen molar-refractivity contribution in [1.82, 2.24) is 9.55 Å². The molecule has 0 fully saturated rings. The second-order valence-electron chi connectivity index (χ2n) is 8.14. The van der Waals surface area contributed by atoms with Crippen molar-refractivity contribution in [3.63, 3.8) is 0 Å². The minimum atomic E-state index is -1.06. The molecule has 35 heavy (non-hydrogen) atoms. The molecule has 0 radical (unpaired) electrons. The molecule has 0 saturated heterocycles. The zero-order valence-electron chi connectivity index (χ0n) is 18.8. The molecule has 0 spiro atoms. The molecule has 0 aliphatic carbocycles. The van der Waals surface area contributed by atoms with Crippen molar-refractivity contribution >= 4 is 40.1 Å². The summed E-state index contributed by atoms with van der Waals surface area (Å²) in [6.07, 6.45) is 2.59. The Bertz CT molecular complexity index is 1560. The van der Waals surface area contributed by atoms with Gasteiger partial charge < -0.3 is 14.6 Å². The lowest BCUT2D eigenvalue weighted by molar-refractivity contribution is 0.0697.